The fourth-order valence-electron chi connectivity index (χ4n) is 2.13. The zero-order valence-electron chi connectivity index (χ0n) is 11.2. The van der Waals surface area contributed by atoms with Crippen molar-refractivity contribution in [3.05, 3.63) is 28.5 Å². The highest BCUT2D eigenvalue weighted by molar-refractivity contribution is 9.10. The Kier molecular flexibility index (Phi) is 5.25. The van der Waals surface area contributed by atoms with E-state index in [4.69, 9.17) is 16.3 Å². The SMILES string of the molecule is CCOCCCn1c(C(C)Cl)nc2cc(Br)ccc21. The van der Waals surface area contributed by atoms with Crippen LogP contribution in [0.15, 0.2) is 22.7 Å². The fraction of sp³-hybridized carbons (Fsp3) is 0.500. The number of halogens is 2. The van der Waals surface area contributed by atoms with Crippen molar-refractivity contribution in [1.29, 1.82) is 0 Å². The van der Waals surface area contributed by atoms with Crippen LogP contribution in [0.25, 0.3) is 11.0 Å². The Morgan fingerprint density at radius 1 is 1.47 bits per heavy atom. The Morgan fingerprint density at radius 2 is 2.26 bits per heavy atom. The van der Waals surface area contributed by atoms with E-state index in [0.29, 0.717) is 0 Å². The first-order chi connectivity index (χ1) is 9.13. The number of nitrogens with zero attached hydrogens (tertiary/aromatic N) is 2. The molecule has 0 radical (unpaired) electrons. The molecule has 1 atom stereocenters. The van der Waals surface area contributed by atoms with Crippen LogP contribution in [0, 0.1) is 0 Å². The first-order valence-corrected chi connectivity index (χ1v) is 7.74. The van der Waals surface area contributed by atoms with Gasteiger partial charge in [-0.05, 0) is 38.5 Å². The van der Waals surface area contributed by atoms with Crippen molar-refractivity contribution in [3.63, 3.8) is 0 Å². The minimum atomic E-state index is -0.0988. The van der Waals surface area contributed by atoms with Gasteiger partial charge in [-0.3, -0.25) is 0 Å². The average Bonchev–Trinajstić information content (AvgIpc) is 2.72. The summed E-state index contributed by atoms with van der Waals surface area (Å²) < 4.78 is 8.62. The molecule has 0 bridgehead atoms. The van der Waals surface area contributed by atoms with Crippen molar-refractivity contribution >= 4 is 38.6 Å². The predicted octanol–water partition coefficient (Wildman–Crippen LogP) is 4.53. The monoisotopic (exact) mass is 344 g/mol. The standard InChI is InChI=1S/C14H18BrClN2O/c1-3-19-8-4-7-18-13-6-5-11(15)9-12(13)17-14(18)10(2)16/h5-6,9-10H,3-4,7-8H2,1-2H3. The lowest BCUT2D eigenvalue weighted by atomic mass is 10.3. The molecule has 0 aliphatic carbocycles. The van der Waals surface area contributed by atoms with Gasteiger partial charge in [0.05, 0.1) is 16.4 Å². The molecule has 1 heterocycles. The molecule has 0 fully saturated rings. The van der Waals surface area contributed by atoms with Crippen LogP contribution >= 0.6 is 27.5 Å². The maximum absolute atomic E-state index is 6.23. The summed E-state index contributed by atoms with van der Waals surface area (Å²) in [4.78, 5) is 4.63. The van der Waals surface area contributed by atoms with E-state index in [9.17, 15) is 0 Å². The number of rotatable bonds is 6. The smallest absolute Gasteiger partial charge is 0.127 e. The van der Waals surface area contributed by atoms with Crippen LogP contribution in [0.2, 0.25) is 0 Å². The van der Waals surface area contributed by atoms with Gasteiger partial charge >= 0.3 is 0 Å². The molecule has 0 aliphatic heterocycles. The summed E-state index contributed by atoms with van der Waals surface area (Å²) in [5, 5.41) is -0.0988. The highest BCUT2D eigenvalue weighted by Crippen LogP contribution is 2.26. The lowest BCUT2D eigenvalue weighted by Gasteiger charge is -2.10. The van der Waals surface area contributed by atoms with Gasteiger partial charge in [0, 0.05) is 24.2 Å². The van der Waals surface area contributed by atoms with E-state index in [0.717, 1.165) is 47.5 Å². The van der Waals surface area contributed by atoms with Crippen molar-refractivity contribution < 1.29 is 4.74 Å². The van der Waals surface area contributed by atoms with Crippen LogP contribution in [0.1, 0.15) is 31.5 Å². The van der Waals surface area contributed by atoms with E-state index < -0.39 is 0 Å². The first-order valence-electron chi connectivity index (χ1n) is 6.51. The van der Waals surface area contributed by atoms with Crippen molar-refractivity contribution in [3.8, 4) is 0 Å². The highest BCUT2D eigenvalue weighted by Gasteiger charge is 2.14. The second-order valence-corrected chi connectivity index (χ2v) is 5.99. The fourth-order valence-corrected chi connectivity index (χ4v) is 2.64. The molecule has 0 amide bonds. The Balaban J connectivity index is 2.30. The largest absolute Gasteiger partial charge is 0.382 e. The van der Waals surface area contributed by atoms with Gasteiger partial charge in [-0.1, -0.05) is 15.9 Å². The maximum Gasteiger partial charge on any atom is 0.127 e. The van der Waals surface area contributed by atoms with Gasteiger partial charge in [0.25, 0.3) is 0 Å². The van der Waals surface area contributed by atoms with Gasteiger partial charge in [-0.2, -0.15) is 0 Å². The molecule has 19 heavy (non-hydrogen) atoms. The molecule has 1 aromatic carbocycles. The molecular formula is C14H18BrClN2O. The molecule has 5 heteroatoms. The van der Waals surface area contributed by atoms with Crippen LogP contribution in [0.4, 0.5) is 0 Å². The lowest BCUT2D eigenvalue weighted by Crippen LogP contribution is -2.07. The Morgan fingerprint density at radius 3 is 2.95 bits per heavy atom. The second-order valence-electron chi connectivity index (χ2n) is 4.42. The molecule has 0 saturated carbocycles. The van der Waals surface area contributed by atoms with Crippen molar-refractivity contribution in [1.82, 2.24) is 9.55 Å². The molecule has 2 rings (SSSR count). The van der Waals surface area contributed by atoms with E-state index in [-0.39, 0.29) is 5.38 Å². The Labute approximate surface area is 127 Å². The summed E-state index contributed by atoms with van der Waals surface area (Å²) in [6.07, 6.45) is 0.964. The molecule has 0 N–H and O–H groups in total. The van der Waals surface area contributed by atoms with Crippen molar-refractivity contribution in [2.45, 2.75) is 32.2 Å². The summed E-state index contributed by atoms with van der Waals surface area (Å²) in [6.45, 7) is 6.37. The highest BCUT2D eigenvalue weighted by atomic mass is 79.9. The van der Waals surface area contributed by atoms with Gasteiger partial charge in [-0.15, -0.1) is 11.6 Å². The van der Waals surface area contributed by atoms with Crippen LogP contribution in [-0.2, 0) is 11.3 Å². The number of ether oxygens (including phenoxy) is 1. The second kappa shape index (κ2) is 6.73. The van der Waals surface area contributed by atoms with Crippen LogP contribution in [-0.4, -0.2) is 22.8 Å². The molecule has 104 valence electrons. The van der Waals surface area contributed by atoms with Crippen LogP contribution in [0.5, 0.6) is 0 Å². The Bertz CT molecular complexity index is 554. The molecule has 0 spiro atoms. The quantitative estimate of drug-likeness (QED) is 0.568. The van der Waals surface area contributed by atoms with Crippen LogP contribution in [0.3, 0.4) is 0 Å². The van der Waals surface area contributed by atoms with Crippen molar-refractivity contribution in [2.24, 2.45) is 0 Å². The zero-order valence-corrected chi connectivity index (χ0v) is 13.5. The van der Waals surface area contributed by atoms with Gasteiger partial charge in [0.2, 0.25) is 0 Å². The number of hydrogen-bond acceptors (Lipinski definition) is 2. The van der Waals surface area contributed by atoms with E-state index in [1.807, 2.05) is 26.0 Å². The van der Waals surface area contributed by atoms with E-state index in [1.54, 1.807) is 0 Å². The third-order valence-corrected chi connectivity index (χ3v) is 3.66. The number of aryl methyl sites for hydroxylation is 1. The number of hydrogen-bond donors (Lipinski definition) is 0. The number of alkyl halides is 1. The normalized spacial score (nSPS) is 13.1. The molecule has 2 aromatic rings. The number of aromatic nitrogens is 2. The molecular weight excluding hydrogens is 328 g/mol. The van der Waals surface area contributed by atoms with Crippen LogP contribution < -0.4 is 0 Å². The van der Waals surface area contributed by atoms with E-state index >= 15 is 0 Å². The molecule has 1 aromatic heterocycles. The van der Waals surface area contributed by atoms with Crippen molar-refractivity contribution in [2.75, 3.05) is 13.2 Å². The van der Waals surface area contributed by atoms with Gasteiger partial charge < -0.3 is 9.30 Å². The molecule has 1 unspecified atom stereocenters. The Hall–Kier alpha value is -0.580. The summed E-state index contributed by atoms with van der Waals surface area (Å²) in [5.41, 5.74) is 2.11. The summed E-state index contributed by atoms with van der Waals surface area (Å²) >= 11 is 9.71. The number of benzene rings is 1. The third kappa shape index (κ3) is 3.50. The lowest BCUT2D eigenvalue weighted by molar-refractivity contribution is 0.141. The number of fused-ring (bicyclic) bond motifs is 1. The van der Waals surface area contributed by atoms with Gasteiger partial charge in [0.15, 0.2) is 0 Å². The van der Waals surface area contributed by atoms with Gasteiger partial charge in [-0.25, -0.2) is 4.98 Å². The van der Waals surface area contributed by atoms with Gasteiger partial charge in [0.1, 0.15) is 5.82 Å². The summed E-state index contributed by atoms with van der Waals surface area (Å²) in [7, 11) is 0. The maximum atomic E-state index is 6.23. The third-order valence-electron chi connectivity index (χ3n) is 2.97. The molecule has 3 nitrogen and oxygen atoms in total. The predicted molar refractivity (Wildman–Crippen MR) is 82.8 cm³/mol. The average molecular weight is 346 g/mol. The minimum Gasteiger partial charge on any atom is -0.382 e. The number of imidazole rings is 1. The molecule has 0 saturated heterocycles. The summed E-state index contributed by atoms with van der Waals surface area (Å²) in [6, 6.07) is 6.14. The minimum absolute atomic E-state index is 0.0988. The van der Waals surface area contributed by atoms with E-state index in [1.165, 1.54) is 0 Å². The molecule has 0 aliphatic rings. The van der Waals surface area contributed by atoms with E-state index in [2.05, 4.69) is 31.5 Å². The topological polar surface area (TPSA) is 27.1 Å². The first kappa shape index (κ1) is 14.8. The summed E-state index contributed by atoms with van der Waals surface area (Å²) in [5.74, 6) is 0.922. The zero-order chi connectivity index (χ0) is 13.8.